The first-order chi connectivity index (χ1) is 12.9. The smallest absolute Gasteiger partial charge is 0.176 e. The number of aromatic nitrogens is 2. The minimum absolute atomic E-state index is 0.0348. The zero-order chi connectivity index (χ0) is 19.3. The van der Waals surface area contributed by atoms with Crippen LogP contribution in [0.4, 0.5) is 0 Å². The third kappa shape index (κ3) is 2.43. The number of nitrogens with zero attached hydrogens (tertiary/aromatic N) is 3. The number of methoxy groups -OCH3 is 1. The molecule has 1 aromatic heterocycles. The number of hydrogen-bond acceptors (Lipinski definition) is 4. The summed E-state index contributed by atoms with van der Waals surface area (Å²) in [5.74, 6) is 0.783. The Kier molecular flexibility index (Phi) is 3.96. The molecule has 0 saturated carbocycles. The minimum Gasteiger partial charge on any atom is -0.497 e. The fourth-order valence-corrected chi connectivity index (χ4v) is 4.98. The Morgan fingerprint density at radius 2 is 2.19 bits per heavy atom. The lowest BCUT2D eigenvalue weighted by Gasteiger charge is -2.44. The molecule has 0 fully saturated rings. The molecule has 0 saturated heterocycles. The van der Waals surface area contributed by atoms with Crippen molar-refractivity contribution in [1.29, 1.82) is 5.26 Å². The number of fused-ring (bicyclic) bond motifs is 3. The van der Waals surface area contributed by atoms with Crippen molar-refractivity contribution in [2.45, 2.75) is 32.1 Å². The number of carbonyl (C=O) groups is 1. The highest BCUT2D eigenvalue weighted by Crippen LogP contribution is 2.51. The van der Waals surface area contributed by atoms with Crippen LogP contribution in [0.2, 0.25) is 0 Å². The second-order valence-corrected chi connectivity index (χ2v) is 7.78. The van der Waals surface area contributed by atoms with Gasteiger partial charge in [0.2, 0.25) is 0 Å². The summed E-state index contributed by atoms with van der Waals surface area (Å²) in [6, 6.07) is 10.1. The summed E-state index contributed by atoms with van der Waals surface area (Å²) < 4.78 is 7.31. The van der Waals surface area contributed by atoms with Crippen LogP contribution in [-0.4, -0.2) is 22.7 Å². The number of allylic oxidation sites excluding steroid dienone is 2. The van der Waals surface area contributed by atoms with Crippen molar-refractivity contribution < 1.29 is 9.53 Å². The average molecular weight is 361 g/mol. The molecule has 2 aromatic rings. The first-order valence-corrected chi connectivity index (χ1v) is 9.28. The Balaban J connectivity index is 1.92. The minimum atomic E-state index is -0.402. The lowest BCUT2D eigenvalue weighted by molar-refractivity contribution is -0.121. The van der Waals surface area contributed by atoms with Crippen LogP contribution in [0, 0.1) is 23.2 Å². The lowest BCUT2D eigenvalue weighted by atomic mass is 9.58. The van der Waals surface area contributed by atoms with Gasteiger partial charge in [0.05, 0.1) is 24.1 Å². The maximum absolute atomic E-state index is 12.5. The third-order valence-corrected chi connectivity index (χ3v) is 6.32. The standard InChI is InChI=1S/C22H23N3O2/c1-13-18-9-8-17-19(14-6-5-7-16(10-14)27-4)25(3)24-21(17)22(18,2)11-15(12-23)20(13)26/h5-7,10-11,13,18H,8-9H2,1-4H3. The Morgan fingerprint density at radius 1 is 1.41 bits per heavy atom. The number of carbonyl (C=O) groups excluding carboxylic acids is 1. The van der Waals surface area contributed by atoms with Crippen LogP contribution in [0.1, 0.15) is 31.5 Å². The van der Waals surface area contributed by atoms with Crippen LogP contribution in [0.3, 0.4) is 0 Å². The van der Waals surface area contributed by atoms with Crippen LogP contribution in [0.5, 0.6) is 5.75 Å². The molecule has 5 nitrogen and oxygen atoms in total. The maximum atomic E-state index is 12.5. The largest absolute Gasteiger partial charge is 0.497 e. The number of aryl methyl sites for hydroxylation is 1. The lowest BCUT2D eigenvalue weighted by Crippen LogP contribution is -2.45. The highest BCUT2D eigenvalue weighted by atomic mass is 16.5. The van der Waals surface area contributed by atoms with Crippen LogP contribution >= 0.6 is 0 Å². The fraction of sp³-hybridized carbons (Fsp3) is 0.409. The van der Waals surface area contributed by atoms with Gasteiger partial charge in [-0.2, -0.15) is 10.4 Å². The van der Waals surface area contributed by atoms with E-state index in [4.69, 9.17) is 9.84 Å². The molecule has 2 aliphatic carbocycles. The normalized spacial score (nSPS) is 26.6. The van der Waals surface area contributed by atoms with Gasteiger partial charge in [0.25, 0.3) is 0 Å². The molecule has 0 aliphatic heterocycles. The molecule has 4 rings (SSSR count). The van der Waals surface area contributed by atoms with Gasteiger partial charge >= 0.3 is 0 Å². The van der Waals surface area contributed by atoms with Crippen molar-refractivity contribution >= 4 is 5.78 Å². The van der Waals surface area contributed by atoms with Crippen LogP contribution in [0.25, 0.3) is 11.3 Å². The van der Waals surface area contributed by atoms with E-state index in [-0.39, 0.29) is 23.2 Å². The van der Waals surface area contributed by atoms with Crippen molar-refractivity contribution in [3.05, 3.63) is 47.2 Å². The van der Waals surface area contributed by atoms with E-state index in [2.05, 4.69) is 19.1 Å². The van der Waals surface area contributed by atoms with Crippen molar-refractivity contribution in [3.8, 4) is 23.1 Å². The second kappa shape index (κ2) is 6.09. The van der Waals surface area contributed by atoms with Gasteiger partial charge in [-0.15, -0.1) is 0 Å². The van der Waals surface area contributed by atoms with Crippen molar-refractivity contribution in [1.82, 2.24) is 9.78 Å². The summed E-state index contributed by atoms with van der Waals surface area (Å²) in [6.45, 7) is 4.07. The van der Waals surface area contributed by atoms with E-state index >= 15 is 0 Å². The molecule has 5 heteroatoms. The van der Waals surface area contributed by atoms with Crippen LogP contribution in [0.15, 0.2) is 35.9 Å². The molecule has 3 atom stereocenters. The van der Waals surface area contributed by atoms with E-state index in [9.17, 15) is 10.1 Å². The molecule has 1 aromatic carbocycles. The van der Waals surface area contributed by atoms with Crippen molar-refractivity contribution in [2.24, 2.45) is 18.9 Å². The van der Waals surface area contributed by atoms with E-state index in [1.807, 2.05) is 42.9 Å². The zero-order valence-electron chi connectivity index (χ0n) is 16.1. The van der Waals surface area contributed by atoms with Crippen LogP contribution < -0.4 is 4.74 Å². The topological polar surface area (TPSA) is 67.9 Å². The van der Waals surface area contributed by atoms with Crippen LogP contribution in [-0.2, 0) is 23.7 Å². The third-order valence-electron chi connectivity index (χ3n) is 6.32. The van der Waals surface area contributed by atoms with Gasteiger partial charge in [-0.05, 0) is 30.9 Å². The molecule has 1 heterocycles. The molecule has 0 spiro atoms. The van der Waals surface area contributed by atoms with Crippen molar-refractivity contribution in [2.75, 3.05) is 7.11 Å². The monoisotopic (exact) mass is 361 g/mol. The van der Waals surface area contributed by atoms with Gasteiger partial charge in [-0.1, -0.05) is 32.1 Å². The maximum Gasteiger partial charge on any atom is 0.176 e. The highest BCUT2D eigenvalue weighted by Gasteiger charge is 2.50. The van der Waals surface area contributed by atoms with Crippen molar-refractivity contribution in [3.63, 3.8) is 0 Å². The second-order valence-electron chi connectivity index (χ2n) is 7.78. The van der Waals surface area contributed by atoms with Gasteiger partial charge in [0, 0.05) is 29.5 Å². The summed E-state index contributed by atoms with van der Waals surface area (Å²) in [7, 11) is 3.62. The average Bonchev–Trinajstić information content (AvgIpc) is 3.02. The molecule has 138 valence electrons. The number of Topliss-reactive ketones (excluding diaryl/α,β-unsaturated/α-hetero) is 1. The molecule has 27 heavy (non-hydrogen) atoms. The van der Waals surface area contributed by atoms with Gasteiger partial charge in [0.1, 0.15) is 11.8 Å². The van der Waals surface area contributed by atoms with E-state index in [1.165, 1.54) is 5.56 Å². The Hall–Kier alpha value is -2.87. The first kappa shape index (κ1) is 17.5. The molecule has 2 aliphatic rings. The Labute approximate surface area is 159 Å². The van der Waals surface area contributed by atoms with Gasteiger partial charge in [-0.3, -0.25) is 9.48 Å². The van der Waals surface area contributed by atoms with E-state index < -0.39 is 5.41 Å². The highest BCUT2D eigenvalue weighted by molar-refractivity contribution is 6.02. The van der Waals surface area contributed by atoms with E-state index in [1.54, 1.807) is 7.11 Å². The summed E-state index contributed by atoms with van der Waals surface area (Å²) >= 11 is 0. The molecular formula is C22H23N3O2. The number of nitriles is 1. The summed E-state index contributed by atoms with van der Waals surface area (Å²) in [5, 5.41) is 14.3. The number of hydrogen-bond donors (Lipinski definition) is 0. The SMILES string of the molecule is COc1cccc(-c2c3c(nn2C)C2(C)C=C(C#N)C(=O)C(C)C2CC3)c1. The Bertz CT molecular complexity index is 1010. The number of rotatable bonds is 2. The predicted octanol–water partition coefficient (Wildman–Crippen LogP) is 3.58. The first-order valence-electron chi connectivity index (χ1n) is 9.28. The van der Waals surface area contributed by atoms with Gasteiger partial charge < -0.3 is 4.74 Å². The zero-order valence-corrected chi connectivity index (χ0v) is 16.1. The molecule has 0 N–H and O–H groups in total. The quantitative estimate of drug-likeness (QED) is 0.820. The fourth-order valence-electron chi connectivity index (χ4n) is 4.98. The molecule has 0 radical (unpaired) electrons. The van der Waals surface area contributed by atoms with E-state index in [0.717, 1.165) is 35.5 Å². The number of benzene rings is 1. The predicted molar refractivity (Wildman–Crippen MR) is 102 cm³/mol. The summed E-state index contributed by atoms with van der Waals surface area (Å²) in [6.07, 6.45) is 3.65. The van der Waals surface area contributed by atoms with Gasteiger partial charge in [-0.25, -0.2) is 0 Å². The number of ether oxygens (including phenoxy) is 1. The summed E-state index contributed by atoms with van der Waals surface area (Å²) in [4.78, 5) is 12.5. The number of ketones is 1. The molecule has 0 amide bonds. The molecule has 0 bridgehead atoms. The van der Waals surface area contributed by atoms with Gasteiger partial charge in [0.15, 0.2) is 5.78 Å². The molecular weight excluding hydrogens is 338 g/mol. The summed E-state index contributed by atoms with van der Waals surface area (Å²) in [5.41, 5.74) is 4.21. The van der Waals surface area contributed by atoms with E-state index in [0.29, 0.717) is 0 Å². The Morgan fingerprint density at radius 3 is 2.89 bits per heavy atom. The molecule has 3 unspecified atom stereocenters.